The van der Waals surface area contributed by atoms with Crippen molar-refractivity contribution < 1.29 is 35.5 Å². The van der Waals surface area contributed by atoms with E-state index in [0.717, 1.165) is 29.2 Å². The zero-order chi connectivity index (χ0) is 30.2. The zero-order valence-electron chi connectivity index (χ0n) is 21.4. The summed E-state index contributed by atoms with van der Waals surface area (Å²) in [5, 5.41) is 8.68. The second-order valence-corrected chi connectivity index (χ2v) is 11.5. The number of aromatic nitrogens is 3. The van der Waals surface area contributed by atoms with Gasteiger partial charge in [-0.05, 0) is 73.7 Å². The molecule has 0 bridgehead atoms. The molecule has 0 aliphatic carbocycles. The van der Waals surface area contributed by atoms with Crippen molar-refractivity contribution in [3.8, 4) is 0 Å². The van der Waals surface area contributed by atoms with Crippen LogP contribution in [0.1, 0.15) is 27.6 Å². The van der Waals surface area contributed by atoms with Crippen molar-refractivity contribution in [3.05, 3.63) is 77.9 Å². The van der Waals surface area contributed by atoms with Crippen LogP contribution in [0.5, 0.6) is 0 Å². The SMILES string of the molecule is CCN1C(=O)c2ccc(Nc3nc(Nc4ccc(S(=O)(=O)[O-])cc4)nc(Nc4ccc(S(=O)(=O)[O-])cc4)n3)cc2C1=O. The van der Waals surface area contributed by atoms with E-state index >= 15 is 0 Å². The van der Waals surface area contributed by atoms with Gasteiger partial charge in [-0.3, -0.25) is 14.5 Å². The molecule has 5 rings (SSSR count). The van der Waals surface area contributed by atoms with E-state index in [4.69, 9.17) is 0 Å². The Bertz CT molecular complexity index is 1840. The monoisotopic (exact) mass is 609 g/mol. The van der Waals surface area contributed by atoms with E-state index in [0.29, 0.717) is 17.1 Å². The average molecular weight is 610 g/mol. The molecule has 0 radical (unpaired) electrons. The summed E-state index contributed by atoms with van der Waals surface area (Å²) in [6.45, 7) is 1.91. The molecular formula is C25H19N7O8S2-2. The summed E-state index contributed by atoms with van der Waals surface area (Å²) >= 11 is 0. The average Bonchev–Trinajstić information content (AvgIpc) is 3.16. The lowest BCUT2D eigenvalue weighted by atomic mass is 10.1. The molecule has 2 amide bonds. The number of amides is 2. The summed E-state index contributed by atoms with van der Waals surface area (Å²) in [6, 6.07) is 14.3. The number of anilines is 6. The minimum atomic E-state index is -4.65. The molecule has 1 aliphatic heterocycles. The molecule has 42 heavy (non-hydrogen) atoms. The predicted octanol–water partition coefficient (Wildman–Crippen LogP) is 2.53. The van der Waals surface area contributed by atoms with Gasteiger partial charge in [0.25, 0.3) is 11.8 Å². The molecule has 15 nitrogen and oxygen atoms in total. The van der Waals surface area contributed by atoms with Gasteiger partial charge in [0.2, 0.25) is 17.8 Å². The van der Waals surface area contributed by atoms with Crippen LogP contribution in [0, 0.1) is 0 Å². The van der Waals surface area contributed by atoms with Gasteiger partial charge in [0.1, 0.15) is 20.2 Å². The maximum absolute atomic E-state index is 12.6. The summed E-state index contributed by atoms with van der Waals surface area (Å²) in [6.07, 6.45) is 0. The molecule has 216 valence electrons. The summed E-state index contributed by atoms with van der Waals surface area (Å²) in [5.41, 5.74) is 1.51. The highest BCUT2D eigenvalue weighted by Gasteiger charge is 2.34. The van der Waals surface area contributed by atoms with E-state index in [1.807, 2.05) is 0 Å². The van der Waals surface area contributed by atoms with Gasteiger partial charge in [0.05, 0.1) is 20.9 Å². The highest BCUT2D eigenvalue weighted by atomic mass is 32.2. The summed E-state index contributed by atoms with van der Waals surface area (Å²) in [4.78, 5) is 38.2. The van der Waals surface area contributed by atoms with Crippen LogP contribution in [0.4, 0.5) is 34.9 Å². The lowest BCUT2D eigenvalue weighted by Gasteiger charge is -2.13. The fraction of sp³-hybridized carbons (Fsp3) is 0.0800. The number of nitrogens with one attached hydrogen (secondary N) is 3. The highest BCUT2D eigenvalue weighted by Crippen LogP contribution is 2.28. The molecule has 2 heterocycles. The van der Waals surface area contributed by atoms with Crippen molar-refractivity contribution in [1.29, 1.82) is 0 Å². The number of hydrogen-bond donors (Lipinski definition) is 3. The number of hydrogen-bond acceptors (Lipinski definition) is 14. The molecule has 1 aliphatic rings. The fourth-order valence-electron chi connectivity index (χ4n) is 4.00. The Hall–Kier alpha value is -4.97. The molecule has 0 spiro atoms. The third-order valence-electron chi connectivity index (χ3n) is 5.98. The molecular weight excluding hydrogens is 590 g/mol. The Morgan fingerprint density at radius 2 is 1.00 bits per heavy atom. The van der Waals surface area contributed by atoms with Crippen LogP contribution in [0.2, 0.25) is 0 Å². The standard InChI is InChI=1S/C25H21N7O8S2/c1-2-32-21(33)19-12-7-16(13-20(19)22(32)34)28-25-30-23(26-14-3-8-17(9-4-14)41(35,36)37)29-24(31-25)27-15-5-10-18(11-6-15)42(38,39)40/h3-13H,2H2,1H3,(H,35,36,37)(H,38,39,40)(H3,26,27,28,29,30,31)/p-2. The predicted molar refractivity (Wildman–Crippen MR) is 146 cm³/mol. The van der Waals surface area contributed by atoms with Crippen LogP contribution in [0.25, 0.3) is 0 Å². The normalized spacial score (nSPS) is 13.2. The Labute approximate surface area is 239 Å². The third-order valence-corrected chi connectivity index (χ3v) is 7.68. The molecule has 4 aromatic rings. The summed E-state index contributed by atoms with van der Waals surface area (Å²) < 4.78 is 67.4. The second kappa shape index (κ2) is 10.8. The Balaban J connectivity index is 1.47. The molecule has 0 unspecified atom stereocenters. The van der Waals surface area contributed by atoms with E-state index in [1.54, 1.807) is 13.0 Å². The first-order valence-corrected chi connectivity index (χ1v) is 14.8. The van der Waals surface area contributed by atoms with Crippen molar-refractivity contribution in [3.63, 3.8) is 0 Å². The quantitative estimate of drug-likeness (QED) is 0.183. The lowest BCUT2D eigenvalue weighted by molar-refractivity contribution is 0.0662. The van der Waals surface area contributed by atoms with E-state index < -0.39 is 41.8 Å². The van der Waals surface area contributed by atoms with Gasteiger partial charge in [-0.2, -0.15) is 15.0 Å². The molecule has 0 saturated carbocycles. The van der Waals surface area contributed by atoms with E-state index in [9.17, 15) is 35.5 Å². The van der Waals surface area contributed by atoms with Gasteiger partial charge in [0.15, 0.2) is 0 Å². The number of imide groups is 1. The molecule has 0 saturated heterocycles. The van der Waals surface area contributed by atoms with Crippen LogP contribution in [0.3, 0.4) is 0 Å². The molecule has 0 fully saturated rings. The second-order valence-electron chi connectivity index (χ2n) is 8.75. The zero-order valence-corrected chi connectivity index (χ0v) is 23.1. The third kappa shape index (κ3) is 6.03. The van der Waals surface area contributed by atoms with Crippen molar-refractivity contribution in [2.45, 2.75) is 16.7 Å². The van der Waals surface area contributed by atoms with Crippen molar-refractivity contribution in [2.24, 2.45) is 0 Å². The summed E-state index contributed by atoms with van der Waals surface area (Å²) in [7, 11) is -9.30. The first kappa shape index (κ1) is 28.6. The molecule has 0 atom stereocenters. The van der Waals surface area contributed by atoms with Gasteiger partial charge in [0, 0.05) is 23.6 Å². The molecule has 3 N–H and O–H groups in total. The maximum atomic E-state index is 12.6. The van der Waals surface area contributed by atoms with E-state index in [1.165, 1.54) is 36.4 Å². The van der Waals surface area contributed by atoms with Crippen LogP contribution in [-0.2, 0) is 20.2 Å². The highest BCUT2D eigenvalue weighted by molar-refractivity contribution is 7.86. The smallest absolute Gasteiger partial charge is 0.261 e. The van der Waals surface area contributed by atoms with Crippen molar-refractivity contribution in [2.75, 3.05) is 22.5 Å². The van der Waals surface area contributed by atoms with Crippen molar-refractivity contribution >= 4 is 67.0 Å². The number of fused-ring (bicyclic) bond motifs is 1. The minimum absolute atomic E-state index is 0.0171. The topological polar surface area (TPSA) is 227 Å². The van der Waals surface area contributed by atoms with Gasteiger partial charge in [-0.25, -0.2) is 16.8 Å². The Kier molecular flexibility index (Phi) is 7.33. The lowest BCUT2D eigenvalue weighted by Crippen LogP contribution is -2.29. The molecule has 17 heteroatoms. The van der Waals surface area contributed by atoms with Gasteiger partial charge < -0.3 is 25.1 Å². The first-order valence-electron chi connectivity index (χ1n) is 12.0. The number of nitrogens with zero attached hydrogens (tertiary/aromatic N) is 4. The number of rotatable bonds is 9. The van der Waals surface area contributed by atoms with Gasteiger partial charge >= 0.3 is 0 Å². The summed E-state index contributed by atoms with van der Waals surface area (Å²) in [5.74, 6) is -0.911. The molecule has 1 aromatic heterocycles. The van der Waals surface area contributed by atoms with Gasteiger partial charge in [-0.1, -0.05) is 0 Å². The Morgan fingerprint density at radius 3 is 1.40 bits per heavy atom. The fourth-order valence-corrected chi connectivity index (χ4v) is 4.94. The first-order chi connectivity index (χ1) is 19.8. The maximum Gasteiger partial charge on any atom is 0.261 e. The van der Waals surface area contributed by atoms with E-state index in [2.05, 4.69) is 30.9 Å². The van der Waals surface area contributed by atoms with Crippen LogP contribution in [0.15, 0.2) is 76.5 Å². The number of benzene rings is 3. The van der Waals surface area contributed by atoms with Gasteiger partial charge in [-0.15, -0.1) is 0 Å². The van der Waals surface area contributed by atoms with Crippen LogP contribution < -0.4 is 16.0 Å². The van der Waals surface area contributed by atoms with Crippen molar-refractivity contribution in [1.82, 2.24) is 19.9 Å². The number of carbonyl (C=O) groups is 2. The van der Waals surface area contributed by atoms with Crippen LogP contribution in [-0.4, -0.2) is 64.2 Å². The number of carbonyl (C=O) groups excluding carboxylic acids is 2. The minimum Gasteiger partial charge on any atom is -0.744 e. The van der Waals surface area contributed by atoms with Crippen LogP contribution >= 0.6 is 0 Å². The van der Waals surface area contributed by atoms with E-state index in [-0.39, 0.29) is 35.5 Å². The Morgan fingerprint density at radius 1 is 0.619 bits per heavy atom. The molecule has 3 aromatic carbocycles. The largest absolute Gasteiger partial charge is 0.744 e.